The first-order valence-electron chi connectivity index (χ1n) is 5.07. The molecule has 106 valence electrons. The Morgan fingerprint density at radius 2 is 2.00 bits per heavy atom. The maximum absolute atomic E-state index is 13.5. The van der Waals surface area contributed by atoms with Crippen molar-refractivity contribution < 1.29 is 17.6 Å². The van der Waals surface area contributed by atoms with Crippen LogP contribution in [0.15, 0.2) is 38.3 Å². The second-order valence-corrected chi connectivity index (χ2v) is 8.43. The molecule has 0 aliphatic rings. The number of sulfonamides is 1. The van der Waals surface area contributed by atoms with Gasteiger partial charge in [0, 0.05) is 5.02 Å². The predicted molar refractivity (Wildman–Crippen MR) is 78.1 cm³/mol. The SMILES string of the molecule is O=C(NS(=O)(=O)c1ccc(Br)s1)c1ccc(Cl)cc1F. The molecule has 0 bridgehead atoms. The van der Waals surface area contributed by atoms with Gasteiger partial charge in [0.15, 0.2) is 0 Å². The fraction of sp³-hybridized carbons (Fsp3) is 0. The molecule has 0 spiro atoms. The molecule has 9 heteroatoms. The maximum atomic E-state index is 13.5. The Bertz CT molecular complexity index is 776. The van der Waals surface area contributed by atoms with Crippen molar-refractivity contribution in [3.63, 3.8) is 0 Å². The quantitative estimate of drug-likeness (QED) is 0.861. The number of hydrogen-bond donors (Lipinski definition) is 1. The molecule has 0 atom stereocenters. The van der Waals surface area contributed by atoms with Gasteiger partial charge in [-0.15, -0.1) is 11.3 Å². The highest BCUT2D eigenvalue weighted by Crippen LogP contribution is 2.26. The predicted octanol–water partition coefficient (Wildman–Crippen LogP) is 3.42. The average molecular weight is 399 g/mol. The van der Waals surface area contributed by atoms with E-state index in [0.717, 1.165) is 23.5 Å². The molecule has 2 aromatic rings. The number of hydrogen-bond acceptors (Lipinski definition) is 4. The third kappa shape index (κ3) is 3.38. The standard InChI is InChI=1S/C11H6BrClFNO3S2/c12-9-3-4-10(19-9)20(17,18)15-11(16)7-2-1-6(13)5-8(7)14/h1-5H,(H,15,16). The highest BCUT2D eigenvalue weighted by Gasteiger charge is 2.22. The fourth-order valence-electron chi connectivity index (χ4n) is 1.34. The lowest BCUT2D eigenvalue weighted by Crippen LogP contribution is -2.30. The molecule has 1 aromatic heterocycles. The molecule has 0 aliphatic carbocycles. The van der Waals surface area contributed by atoms with Crippen LogP contribution >= 0.6 is 38.9 Å². The molecule has 1 amide bonds. The van der Waals surface area contributed by atoms with E-state index >= 15 is 0 Å². The van der Waals surface area contributed by atoms with E-state index in [9.17, 15) is 17.6 Å². The molecule has 1 aromatic carbocycles. The Morgan fingerprint density at radius 1 is 1.30 bits per heavy atom. The van der Waals surface area contributed by atoms with E-state index in [4.69, 9.17) is 11.6 Å². The molecule has 0 radical (unpaired) electrons. The van der Waals surface area contributed by atoms with Gasteiger partial charge in [0.25, 0.3) is 15.9 Å². The first kappa shape index (κ1) is 15.4. The van der Waals surface area contributed by atoms with Crippen LogP contribution in [0.2, 0.25) is 5.02 Å². The minimum atomic E-state index is -4.02. The minimum absolute atomic E-state index is 0.0490. The zero-order valence-corrected chi connectivity index (χ0v) is 13.5. The van der Waals surface area contributed by atoms with Gasteiger partial charge in [-0.3, -0.25) is 4.79 Å². The number of rotatable bonds is 3. The second-order valence-electron chi connectivity index (χ2n) is 3.62. The molecule has 0 unspecified atom stereocenters. The Morgan fingerprint density at radius 3 is 2.55 bits per heavy atom. The van der Waals surface area contributed by atoms with Crippen molar-refractivity contribution in [2.45, 2.75) is 4.21 Å². The molecule has 4 nitrogen and oxygen atoms in total. The number of nitrogens with one attached hydrogen (secondary N) is 1. The smallest absolute Gasteiger partial charge is 0.268 e. The topological polar surface area (TPSA) is 63.2 Å². The Hall–Kier alpha value is -0.960. The summed E-state index contributed by atoms with van der Waals surface area (Å²) in [7, 11) is -4.02. The first-order valence-corrected chi connectivity index (χ1v) is 8.54. The maximum Gasteiger partial charge on any atom is 0.273 e. The molecule has 0 saturated heterocycles. The summed E-state index contributed by atoms with van der Waals surface area (Å²) in [6.45, 7) is 0. The third-order valence-corrected chi connectivity index (χ3v) is 5.90. The van der Waals surface area contributed by atoms with Gasteiger partial charge in [0.1, 0.15) is 10.0 Å². The van der Waals surface area contributed by atoms with E-state index in [-0.39, 0.29) is 9.23 Å². The monoisotopic (exact) mass is 397 g/mol. The number of benzene rings is 1. The number of carbonyl (C=O) groups excluding carboxylic acids is 1. The van der Waals surface area contributed by atoms with Crippen LogP contribution in [0.25, 0.3) is 0 Å². The van der Waals surface area contributed by atoms with Gasteiger partial charge in [-0.2, -0.15) is 0 Å². The lowest BCUT2D eigenvalue weighted by Gasteiger charge is -2.06. The van der Waals surface area contributed by atoms with Gasteiger partial charge < -0.3 is 0 Å². The van der Waals surface area contributed by atoms with Crippen molar-refractivity contribution in [2.24, 2.45) is 0 Å². The van der Waals surface area contributed by atoms with Gasteiger partial charge in [0.05, 0.1) is 9.35 Å². The van der Waals surface area contributed by atoms with Crippen LogP contribution in [-0.4, -0.2) is 14.3 Å². The van der Waals surface area contributed by atoms with Gasteiger partial charge in [-0.05, 0) is 46.3 Å². The lowest BCUT2D eigenvalue weighted by atomic mass is 10.2. The van der Waals surface area contributed by atoms with Crippen LogP contribution in [0.4, 0.5) is 4.39 Å². The van der Waals surface area contributed by atoms with Crippen LogP contribution in [-0.2, 0) is 10.0 Å². The van der Waals surface area contributed by atoms with Crippen LogP contribution in [0.3, 0.4) is 0 Å². The largest absolute Gasteiger partial charge is 0.273 e. The van der Waals surface area contributed by atoms with Crippen molar-refractivity contribution in [1.82, 2.24) is 4.72 Å². The molecule has 0 saturated carbocycles. The molecule has 20 heavy (non-hydrogen) atoms. The number of thiophene rings is 1. The summed E-state index contributed by atoms with van der Waals surface area (Å²) >= 11 is 9.62. The van der Waals surface area contributed by atoms with Gasteiger partial charge in [-0.25, -0.2) is 17.5 Å². The highest BCUT2D eigenvalue weighted by molar-refractivity contribution is 9.11. The van der Waals surface area contributed by atoms with Crippen molar-refractivity contribution in [3.8, 4) is 0 Å². The summed E-state index contributed by atoms with van der Waals surface area (Å²) in [4.78, 5) is 11.8. The number of carbonyl (C=O) groups is 1. The highest BCUT2D eigenvalue weighted by atomic mass is 79.9. The van der Waals surface area contributed by atoms with Crippen LogP contribution in [0, 0.1) is 5.82 Å². The van der Waals surface area contributed by atoms with E-state index in [1.807, 2.05) is 0 Å². The zero-order valence-electron chi connectivity index (χ0n) is 9.56. The molecule has 1 heterocycles. The normalized spacial score (nSPS) is 11.3. The third-order valence-electron chi connectivity index (χ3n) is 2.22. The molecule has 0 fully saturated rings. The van der Waals surface area contributed by atoms with Gasteiger partial charge in [-0.1, -0.05) is 11.6 Å². The van der Waals surface area contributed by atoms with E-state index < -0.39 is 27.3 Å². The van der Waals surface area contributed by atoms with E-state index in [1.54, 1.807) is 4.72 Å². The number of halogens is 3. The van der Waals surface area contributed by atoms with Crippen LogP contribution in [0.1, 0.15) is 10.4 Å². The van der Waals surface area contributed by atoms with Crippen molar-refractivity contribution in [2.75, 3.05) is 0 Å². The molecular weight excluding hydrogens is 393 g/mol. The average Bonchev–Trinajstić information content (AvgIpc) is 2.75. The summed E-state index contributed by atoms with van der Waals surface area (Å²) in [5.41, 5.74) is -0.395. The Labute approximate surface area is 131 Å². The number of amides is 1. The van der Waals surface area contributed by atoms with Crippen molar-refractivity contribution >= 4 is 54.8 Å². The molecule has 1 N–H and O–H groups in total. The zero-order chi connectivity index (χ0) is 14.9. The molecule has 0 aliphatic heterocycles. The summed E-state index contributed by atoms with van der Waals surface area (Å²) in [5.74, 6) is -1.94. The van der Waals surface area contributed by atoms with Gasteiger partial charge in [0.2, 0.25) is 0 Å². The first-order chi connectivity index (χ1) is 9.29. The summed E-state index contributed by atoms with van der Waals surface area (Å²) in [6.07, 6.45) is 0. The minimum Gasteiger partial charge on any atom is -0.268 e. The fourth-order valence-corrected chi connectivity index (χ4v) is 4.48. The van der Waals surface area contributed by atoms with Gasteiger partial charge >= 0.3 is 0 Å². The van der Waals surface area contributed by atoms with E-state index in [1.165, 1.54) is 18.2 Å². The molecular formula is C11H6BrClFNO3S2. The van der Waals surface area contributed by atoms with Crippen LogP contribution < -0.4 is 4.72 Å². The second kappa shape index (κ2) is 5.80. The van der Waals surface area contributed by atoms with E-state index in [0.29, 0.717) is 3.79 Å². The lowest BCUT2D eigenvalue weighted by molar-refractivity contribution is 0.0977. The summed E-state index contributed by atoms with van der Waals surface area (Å²) < 4.78 is 39.7. The Balaban J connectivity index is 2.27. The summed E-state index contributed by atoms with van der Waals surface area (Å²) in [5, 5.41) is 0.115. The Kier molecular flexibility index (Phi) is 4.48. The van der Waals surface area contributed by atoms with Crippen molar-refractivity contribution in [3.05, 3.63) is 50.5 Å². The van der Waals surface area contributed by atoms with E-state index in [2.05, 4.69) is 15.9 Å². The summed E-state index contributed by atoms with van der Waals surface area (Å²) in [6, 6.07) is 6.22. The van der Waals surface area contributed by atoms with Crippen LogP contribution in [0.5, 0.6) is 0 Å². The molecule has 2 rings (SSSR count). The van der Waals surface area contributed by atoms with Crippen molar-refractivity contribution in [1.29, 1.82) is 0 Å².